The Hall–Kier alpha value is -3.39. The molecular weight excluding hydrogens is 448 g/mol. The Morgan fingerprint density at radius 3 is 2.26 bits per heavy atom. The smallest absolute Gasteiger partial charge is 0.407 e. The van der Waals surface area contributed by atoms with E-state index in [2.05, 4.69) is 34.9 Å². The predicted molar refractivity (Wildman–Crippen MR) is 128 cm³/mol. The minimum atomic E-state index is -1.16. The van der Waals surface area contributed by atoms with E-state index in [0.29, 0.717) is 19.3 Å². The number of aliphatic carboxylic acids is 1. The number of carbonyl (C=O) groups excluding carboxylic acids is 2. The average molecular weight is 479 g/mol. The lowest BCUT2D eigenvalue weighted by Crippen LogP contribution is -2.54. The Morgan fingerprint density at radius 2 is 1.63 bits per heavy atom. The van der Waals surface area contributed by atoms with Gasteiger partial charge in [-0.15, -0.1) is 0 Å². The first-order chi connectivity index (χ1) is 17.0. The Morgan fingerprint density at radius 1 is 1.00 bits per heavy atom. The molecule has 3 aliphatic rings. The van der Waals surface area contributed by atoms with Crippen LogP contribution in [0, 0.1) is 5.92 Å². The molecule has 1 saturated carbocycles. The maximum Gasteiger partial charge on any atom is 0.407 e. The van der Waals surface area contributed by atoms with Crippen molar-refractivity contribution in [2.45, 2.75) is 49.7 Å². The number of nitrogens with one attached hydrogen (secondary N) is 2. The van der Waals surface area contributed by atoms with Gasteiger partial charge in [-0.1, -0.05) is 61.4 Å². The van der Waals surface area contributed by atoms with Crippen LogP contribution in [-0.2, 0) is 19.1 Å². The maximum absolute atomic E-state index is 12.7. The maximum atomic E-state index is 12.7. The average Bonchev–Trinajstić information content (AvgIpc) is 3.60. The third-order valence-corrected chi connectivity index (χ3v) is 7.50. The predicted octanol–water partition coefficient (Wildman–Crippen LogP) is 3.44. The van der Waals surface area contributed by atoms with Crippen LogP contribution in [0.15, 0.2) is 48.5 Å². The van der Waals surface area contributed by atoms with Gasteiger partial charge in [-0.3, -0.25) is 4.79 Å². The second-order valence-corrected chi connectivity index (χ2v) is 9.68. The van der Waals surface area contributed by atoms with Crippen LogP contribution in [0.5, 0.6) is 0 Å². The highest BCUT2D eigenvalue weighted by atomic mass is 16.5. The summed E-state index contributed by atoms with van der Waals surface area (Å²) >= 11 is 0. The molecule has 2 aromatic carbocycles. The number of carboxylic acid groups (broad SMARTS) is 1. The molecule has 0 bridgehead atoms. The molecule has 2 unspecified atom stereocenters. The van der Waals surface area contributed by atoms with Crippen molar-refractivity contribution in [2.75, 3.05) is 19.8 Å². The molecule has 35 heavy (non-hydrogen) atoms. The largest absolute Gasteiger partial charge is 0.480 e. The zero-order chi connectivity index (χ0) is 24.4. The molecule has 0 radical (unpaired) electrons. The molecule has 8 heteroatoms. The van der Waals surface area contributed by atoms with Crippen molar-refractivity contribution in [3.63, 3.8) is 0 Å². The Balaban J connectivity index is 1.10. The van der Waals surface area contributed by atoms with E-state index in [-0.39, 0.29) is 37.7 Å². The lowest BCUT2D eigenvalue weighted by molar-refractivity contribution is -0.148. The van der Waals surface area contributed by atoms with Gasteiger partial charge in [0.15, 0.2) is 0 Å². The van der Waals surface area contributed by atoms with E-state index in [1.165, 1.54) is 11.1 Å². The van der Waals surface area contributed by atoms with Crippen molar-refractivity contribution in [1.29, 1.82) is 0 Å². The minimum Gasteiger partial charge on any atom is -0.480 e. The fraction of sp³-hybridized carbons (Fsp3) is 0.444. The molecule has 8 nitrogen and oxygen atoms in total. The number of carboxylic acids is 1. The standard InChI is InChI=1S/C27H30N2O6/c30-24(29-27(25(31)32)11-5-6-12-27)17-13-18(34-15-17)14-28-26(33)35-16-23-21-9-3-1-7-19(21)20-8-2-4-10-22(20)23/h1-4,7-10,17-18,23H,5-6,11-16H2,(H,28,33)(H,29,30)(H,31,32). The van der Waals surface area contributed by atoms with Gasteiger partial charge in [0, 0.05) is 12.5 Å². The molecule has 2 fully saturated rings. The zero-order valence-corrected chi connectivity index (χ0v) is 19.5. The van der Waals surface area contributed by atoms with Crippen molar-refractivity contribution in [3.05, 3.63) is 59.7 Å². The highest BCUT2D eigenvalue weighted by Crippen LogP contribution is 2.44. The van der Waals surface area contributed by atoms with Gasteiger partial charge in [0.2, 0.25) is 5.91 Å². The summed E-state index contributed by atoms with van der Waals surface area (Å²) in [5, 5.41) is 15.1. The van der Waals surface area contributed by atoms with Gasteiger partial charge >= 0.3 is 12.1 Å². The minimum absolute atomic E-state index is 0.0129. The molecule has 0 spiro atoms. The number of hydrogen-bond donors (Lipinski definition) is 3. The lowest BCUT2D eigenvalue weighted by atomic mass is 9.95. The second kappa shape index (κ2) is 9.70. The van der Waals surface area contributed by atoms with Crippen LogP contribution in [0.25, 0.3) is 11.1 Å². The van der Waals surface area contributed by atoms with Crippen molar-refractivity contribution in [1.82, 2.24) is 10.6 Å². The molecular formula is C27H30N2O6. The van der Waals surface area contributed by atoms with Gasteiger partial charge in [0.25, 0.3) is 0 Å². The van der Waals surface area contributed by atoms with Crippen LogP contribution in [0.3, 0.4) is 0 Å². The van der Waals surface area contributed by atoms with Gasteiger partial charge < -0.3 is 25.2 Å². The van der Waals surface area contributed by atoms with Gasteiger partial charge in [-0.05, 0) is 41.5 Å². The molecule has 2 aromatic rings. The SMILES string of the molecule is O=C(NCC1CC(C(=O)NC2(C(=O)O)CCCC2)CO1)OCC1c2ccccc2-c2ccccc21. The van der Waals surface area contributed by atoms with Gasteiger partial charge in [-0.25, -0.2) is 9.59 Å². The summed E-state index contributed by atoms with van der Waals surface area (Å²) in [5.74, 6) is -1.71. The zero-order valence-electron chi connectivity index (χ0n) is 19.5. The number of hydrogen-bond acceptors (Lipinski definition) is 5. The summed E-state index contributed by atoms with van der Waals surface area (Å²) in [7, 11) is 0. The van der Waals surface area contributed by atoms with Crippen molar-refractivity contribution >= 4 is 18.0 Å². The van der Waals surface area contributed by atoms with Crippen LogP contribution >= 0.6 is 0 Å². The summed E-state index contributed by atoms with van der Waals surface area (Å²) in [6, 6.07) is 16.3. The van der Waals surface area contributed by atoms with Crippen LogP contribution in [0.2, 0.25) is 0 Å². The van der Waals surface area contributed by atoms with E-state index in [1.807, 2.05) is 24.3 Å². The molecule has 3 N–H and O–H groups in total. The molecule has 1 saturated heterocycles. The normalized spacial score (nSPS) is 22.3. The van der Waals surface area contributed by atoms with Crippen LogP contribution in [0.4, 0.5) is 4.79 Å². The molecule has 184 valence electrons. The molecule has 0 aromatic heterocycles. The number of benzene rings is 2. The first kappa shape index (κ1) is 23.4. The number of alkyl carbamates (subject to hydrolysis) is 1. The van der Waals surface area contributed by atoms with Crippen molar-refractivity contribution in [3.8, 4) is 11.1 Å². The van der Waals surface area contributed by atoms with E-state index in [1.54, 1.807) is 0 Å². The summed E-state index contributed by atoms with van der Waals surface area (Å²) in [5.41, 5.74) is 3.48. The highest BCUT2D eigenvalue weighted by Gasteiger charge is 2.44. The summed E-state index contributed by atoms with van der Waals surface area (Å²) < 4.78 is 11.2. The number of carbonyl (C=O) groups is 3. The number of rotatable bonds is 7. The topological polar surface area (TPSA) is 114 Å². The van der Waals surface area contributed by atoms with Crippen LogP contribution in [0.1, 0.15) is 49.1 Å². The van der Waals surface area contributed by atoms with Crippen molar-refractivity contribution < 1.29 is 29.0 Å². The monoisotopic (exact) mass is 478 g/mol. The highest BCUT2D eigenvalue weighted by molar-refractivity contribution is 5.88. The van der Waals surface area contributed by atoms with E-state index >= 15 is 0 Å². The molecule has 1 heterocycles. The van der Waals surface area contributed by atoms with Crippen LogP contribution < -0.4 is 10.6 Å². The summed E-state index contributed by atoms with van der Waals surface area (Å²) in [6.07, 6.45) is 2.06. The van der Waals surface area contributed by atoms with Gasteiger partial charge in [0.05, 0.1) is 18.6 Å². The Kier molecular flexibility index (Phi) is 6.47. The quantitative estimate of drug-likeness (QED) is 0.562. The molecule has 2 amide bonds. The fourth-order valence-corrected chi connectivity index (χ4v) is 5.59. The van der Waals surface area contributed by atoms with E-state index < -0.39 is 23.5 Å². The third-order valence-electron chi connectivity index (χ3n) is 7.50. The summed E-state index contributed by atoms with van der Waals surface area (Å²) in [4.78, 5) is 36.8. The number of amides is 2. The van der Waals surface area contributed by atoms with Crippen LogP contribution in [-0.4, -0.2) is 54.5 Å². The van der Waals surface area contributed by atoms with Crippen molar-refractivity contribution in [2.24, 2.45) is 5.92 Å². The fourth-order valence-electron chi connectivity index (χ4n) is 5.59. The second-order valence-electron chi connectivity index (χ2n) is 9.68. The van der Waals surface area contributed by atoms with Gasteiger partial charge in [0.1, 0.15) is 12.1 Å². The lowest BCUT2D eigenvalue weighted by Gasteiger charge is -2.26. The Labute approximate surface area is 204 Å². The first-order valence-electron chi connectivity index (χ1n) is 12.2. The first-order valence-corrected chi connectivity index (χ1v) is 12.2. The molecule has 1 aliphatic heterocycles. The molecule has 2 atom stereocenters. The summed E-state index contributed by atoms with van der Waals surface area (Å²) in [6.45, 7) is 0.663. The Bertz CT molecular complexity index is 1080. The van der Waals surface area contributed by atoms with E-state index in [0.717, 1.165) is 24.0 Å². The third kappa shape index (κ3) is 4.62. The number of ether oxygens (including phenoxy) is 2. The van der Waals surface area contributed by atoms with Gasteiger partial charge in [-0.2, -0.15) is 0 Å². The number of fused-ring (bicyclic) bond motifs is 3. The van der Waals surface area contributed by atoms with E-state index in [9.17, 15) is 19.5 Å². The molecule has 5 rings (SSSR count). The molecule has 2 aliphatic carbocycles. The van der Waals surface area contributed by atoms with E-state index in [4.69, 9.17) is 9.47 Å².